The Morgan fingerprint density at radius 2 is 1.62 bits per heavy atom. The van der Waals surface area contributed by atoms with Crippen LogP contribution in [0, 0.1) is 7.43 Å². The van der Waals surface area contributed by atoms with Crippen molar-refractivity contribution >= 4 is 30.5 Å². The van der Waals surface area contributed by atoms with Crippen LogP contribution < -0.4 is 62.4 Å². The minimum Gasteiger partial charge on any atom is -0.542 e. The molecule has 8 heteroatoms. The number of hydrogen-bond donors (Lipinski definition) is 2. The molecule has 24 heavy (non-hydrogen) atoms. The van der Waals surface area contributed by atoms with Gasteiger partial charge in [0, 0.05) is 13.5 Å². The van der Waals surface area contributed by atoms with E-state index in [1.807, 2.05) is 0 Å². The van der Waals surface area contributed by atoms with Gasteiger partial charge < -0.3 is 32.9 Å². The van der Waals surface area contributed by atoms with Gasteiger partial charge >= 0.3 is 51.4 Å². The topological polar surface area (TPSA) is 123 Å². The maximum absolute atomic E-state index is 10.8. The molecular formula is C16H31KN2O5-2. The Hall–Kier alpha value is -0.254. The van der Waals surface area contributed by atoms with Crippen LogP contribution in [0.3, 0.4) is 0 Å². The first kappa shape index (κ1) is 31.5. The molecule has 0 bridgehead atoms. The molecule has 0 saturated heterocycles. The van der Waals surface area contributed by atoms with Gasteiger partial charge in [-0.3, -0.25) is 22.2 Å². The van der Waals surface area contributed by atoms with E-state index in [-0.39, 0.29) is 70.5 Å². The fourth-order valence-electron chi connectivity index (χ4n) is 0.916. The van der Waals surface area contributed by atoms with E-state index >= 15 is 0 Å². The van der Waals surface area contributed by atoms with Gasteiger partial charge in [-0.15, -0.1) is 0 Å². The summed E-state index contributed by atoms with van der Waals surface area (Å²) in [5.74, 6) is -0.278. The normalized spacial score (nSPS) is 9.42. The molecule has 0 aromatic rings. The third-order valence-electron chi connectivity index (χ3n) is 1.78. The zero-order chi connectivity index (χ0) is 20.1. The number of nitrogens with one attached hydrogen (secondary N) is 1. The Labute approximate surface area is 192 Å². The number of aldehydes is 1. The molecule has 0 spiro atoms. The molecule has 1 atom stereocenters. The van der Waals surface area contributed by atoms with E-state index in [0.29, 0.717) is 19.4 Å². The van der Waals surface area contributed by atoms with E-state index in [0.717, 1.165) is 11.7 Å². The van der Waals surface area contributed by atoms with E-state index in [1.165, 1.54) is 47.2 Å². The summed E-state index contributed by atoms with van der Waals surface area (Å²) in [4.78, 5) is 47.9. The molecule has 3 N–H and O–H groups in total. The molecule has 1 amide bonds. The van der Waals surface area contributed by atoms with Crippen molar-refractivity contribution in [2.75, 3.05) is 6.54 Å². The van der Waals surface area contributed by atoms with Crippen molar-refractivity contribution in [1.82, 2.24) is 5.31 Å². The Bertz CT molecular complexity index is 341. The average molecular weight is 372 g/mol. The van der Waals surface area contributed by atoms with Gasteiger partial charge in [0.15, 0.2) is 1.41 Å². The summed E-state index contributed by atoms with van der Waals surface area (Å²) < 4.78 is 13.1. The van der Waals surface area contributed by atoms with Gasteiger partial charge in [0.1, 0.15) is 13.4 Å². The Morgan fingerprint density at radius 1 is 1.29 bits per heavy atom. The van der Waals surface area contributed by atoms with Crippen molar-refractivity contribution in [3.63, 3.8) is 0 Å². The zero-order valence-electron chi connectivity index (χ0n) is 18.0. The van der Waals surface area contributed by atoms with Crippen LogP contribution in [-0.4, -0.2) is 43.1 Å². The third kappa shape index (κ3) is 67.8. The van der Waals surface area contributed by atoms with Gasteiger partial charge in [-0.1, -0.05) is 0 Å². The minimum atomic E-state index is -0.583. The second-order valence-electron chi connectivity index (χ2n) is 3.73. The van der Waals surface area contributed by atoms with Crippen molar-refractivity contribution in [2.24, 2.45) is 5.73 Å². The van der Waals surface area contributed by atoms with Crippen LogP contribution in [0.4, 0.5) is 0 Å². The zero-order valence-corrected chi connectivity index (χ0v) is 19.1. The smallest absolute Gasteiger partial charge is 0.542 e. The van der Waals surface area contributed by atoms with E-state index in [4.69, 9.17) is 22.9 Å². The number of hydrogen-bond acceptors (Lipinski definition) is 6. The molecular weight excluding hydrogens is 339 g/mol. The number of amides is 1. The molecule has 0 aliphatic rings. The molecule has 7 nitrogen and oxygen atoms in total. The van der Waals surface area contributed by atoms with Gasteiger partial charge in [-0.05, 0) is 33.1 Å². The summed E-state index contributed by atoms with van der Waals surface area (Å²) in [5.41, 5.74) is 5.52. The van der Waals surface area contributed by atoms with Crippen molar-refractivity contribution < 1.29 is 78.1 Å². The number of carbonyl (C=O) groups excluding carboxylic acids is 5. The second kappa shape index (κ2) is 38.4. The van der Waals surface area contributed by atoms with Crippen LogP contribution in [0.1, 0.15) is 55.3 Å². The molecule has 0 saturated carbocycles. The fraction of sp³-hybridized carbons (Fsp3) is 0.625. The van der Waals surface area contributed by atoms with Crippen LogP contribution in [-0.2, 0) is 24.0 Å². The molecule has 0 aromatic heterocycles. The molecule has 138 valence electrons. The first-order valence-electron chi connectivity index (χ1n) is 7.54. The third-order valence-corrected chi connectivity index (χ3v) is 1.78. The predicted molar refractivity (Wildman–Crippen MR) is 92.1 cm³/mol. The van der Waals surface area contributed by atoms with Crippen LogP contribution in [0.25, 0.3) is 0 Å². The quantitative estimate of drug-likeness (QED) is 0.243. The standard InChI is InChI=1S/C9H18N2O2.C2H4O.2C2H3O.CH3.K/c1-7(12)9(10)5-3-4-6-11-8(2)13;3*1-2-3;;/h9H,3-6,10H2,1-2H3,(H,11,13);2H,1H3;2*1H3;1H3;/q;;3*-1;+1/i;2H;;;;/hD. The van der Waals surface area contributed by atoms with E-state index in [2.05, 4.69) is 0 Å². The molecule has 0 aromatic carbocycles. The van der Waals surface area contributed by atoms with E-state index in [9.17, 15) is 9.59 Å². The van der Waals surface area contributed by atoms with Crippen LogP contribution in [0.5, 0.6) is 0 Å². The van der Waals surface area contributed by atoms with Crippen molar-refractivity contribution in [1.29, 1.82) is 0 Å². The Kier molecular flexibility index (Phi) is 50.4. The summed E-state index contributed by atoms with van der Waals surface area (Å²) in [7, 11) is 0. The Balaban J connectivity index is -0.0000000697. The minimum absolute atomic E-state index is 0. The predicted octanol–water partition coefficient (Wildman–Crippen LogP) is -1.90. The number of carbonyl (C=O) groups is 3. The maximum atomic E-state index is 10.8. The Morgan fingerprint density at radius 3 is 1.88 bits per heavy atom. The first-order chi connectivity index (χ1) is 11.0. The van der Waals surface area contributed by atoms with E-state index in [1.54, 1.807) is 0 Å². The molecule has 0 fully saturated rings. The first-order valence-corrected chi connectivity index (χ1v) is 6.59. The summed E-state index contributed by atoms with van der Waals surface area (Å²) in [5, 5.41) is 0.916. The molecule has 1 unspecified atom stereocenters. The van der Waals surface area contributed by atoms with Gasteiger partial charge in [0.2, 0.25) is 5.91 Å². The van der Waals surface area contributed by atoms with Gasteiger partial charge in [0.25, 0.3) is 0 Å². The van der Waals surface area contributed by atoms with Crippen molar-refractivity contribution in [2.45, 2.75) is 59.9 Å². The summed E-state index contributed by atoms with van der Waals surface area (Å²) in [6, 6.07) is -0.397. The monoisotopic (exact) mass is 371 g/mol. The van der Waals surface area contributed by atoms with E-state index < -0.39 is 12.3 Å². The number of nitrogens with two attached hydrogens (primary N) is 1. The number of ketones is 1. The molecule has 0 aliphatic heterocycles. The maximum Gasteiger partial charge on any atom is 1.00 e. The van der Waals surface area contributed by atoms with Gasteiger partial charge in [-0.2, -0.15) is 13.8 Å². The molecule has 0 radical (unpaired) electrons. The number of rotatable bonds is 6. The summed E-state index contributed by atoms with van der Waals surface area (Å²) >= 11 is 0. The number of unbranched alkanes of at least 4 members (excludes halogenated alkanes) is 1. The fourth-order valence-corrected chi connectivity index (χ4v) is 0.916. The summed E-state index contributed by atoms with van der Waals surface area (Å²) in [6.45, 7) is 7.06. The summed E-state index contributed by atoms with van der Waals surface area (Å²) in [6.07, 6.45) is 4.52. The second-order valence-corrected chi connectivity index (χ2v) is 3.73. The van der Waals surface area contributed by atoms with Gasteiger partial charge in [-0.25, -0.2) is 0 Å². The van der Waals surface area contributed by atoms with Crippen molar-refractivity contribution in [3.8, 4) is 0 Å². The molecule has 0 aliphatic carbocycles. The largest absolute Gasteiger partial charge is 1.00 e. The molecule has 0 heterocycles. The van der Waals surface area contributed by atoms with Crippen LogP contribution >= 0.6 is 0 Å². The van der Waals surface area contributed by atoms with Crippen molar-refractivity contribution in [3.05, 3.63) is 7.43 Å². The van der Waals surface area contributed by atoms with Crippen LogP contribution in [0.2, 0.25) is 1.41 Å². The van der Waals surface area contributed by atoms with Gasteiger partial charge in [0.05, 0.1) is 6.04 Å². The molecule has 0 rings (SSSR count). The number of Topliss-reactive ketones (excluding diaryl/α,β-unsaturated/α-hetero) is 1. The average Bonchev–Trinajstić information content (AvgIpc) is 2.43. The van der Waals surface area contributed by atoms with Crippen LogP contribution in [0.15, 0.2) is 0 Å². The SMILES string of the molecule is C[C-]=O.C[C-]=O.[1H]C(C)=O.[2H]N(CCCCC(N)C(C)=O)C(C)=O.[CH3-].[K+].